The van der Waals surface area contributed by atoms with Gasteiger partial charge in [0.2, 0.25) is 6.41 Å². The summed E-state index contributed by atoms with van der Waals surface area (Å²) in [6.07, 6.45) is 1.50. The van der Waals surface area contributed by atoms with Gasteiger partial charge in [0.05, 0.1) is 6.04 Å². The fraction of sp³-hybridized carbons (Fsp3) is 0.133. The van der Waals surface area contributed by atoms with E-state index in [1.807, 2.05) is 42.5 Å². The molecule has 0 saturated carbocycles. The lowest BCUT2D eigenvalue weighted by Gasteiger charge is -2.16. The minimum atomic E-state index is -0.0258. The van der Waals surface area contributed by atoms with Crippen molar-refractivity contribution in [3.63, 3.8) is 0 Å². The highest BCUT2D eigenvalue weighted by atomic mass is 35.5. The number of hydrogen-bond donors (Lipinski definition) is 1. The molecule has 0 fully saturated rings. The van der Waals surface area contributed by atoms with Crippen LogP contribution in [0.5, 0.6) is 0 Å². The molecular weight excluding hydrogens is 246 g/mol. The third-order valence-electron chi connectivity index (χ3n) is 2.82. The van der Waals surface area contributed by atoms with Crippen LogP contribution in [0.4, 0.5) is 0 Å². The lowest BCUT2D eigenvalue weighted by molar-refractivity contribution is -0.110. The first-order valence-corrected chi connectivity index (χ1v) is 6.16. The molecule has 1 atom stereocenters. The Morgan fingerprint density at radius 3 is 2.33 bits per heavy atom. The Labute approximate surface area is 112 Å². The Hall–Kier alpha value is -1.80. The second-order valence-corrected chi connectivity index (χ2v) is 4.51. The summed E-state index contributed by atoms with van der Waals surface area (Å²) in [5, 5.41) is 3.54. The maximum Gasteiger partial charge on any atom is 0.207 e. The first kappa shape index (κ1) is 12.7. The van der Waals surface area contributed by atoms with Crippen molar-refractivity contribution in [2.75, 3.05) is 0 Å². The molecule has 2 aromatic carbocycles. The van der Waals surface area contributed by atoms with Crippen LogP contribution in [0.2, 0.25) is 5.02 Å². The fourth-order valence-electron chi connectivity index (χ4n) is 1.90. The molecule has 2 nitrogen and oxygen atoms in total. The van der Waals surface area contributed by atoms with Crippen molar-refractivity contribution in [1.82, 2.24) is 5.32 Å². The zero-order valence-electron chi connectivity index (χ0n) is 9.84. The van der Waals surface area contributed by atoms with Crippen LogP contribution in [0.25, 0.3) is 0 Å². The van der Waals surface area contributed by atoms with E-state index in [2.05, 4.69) is 17.4 Å². The van der Waals surface area contributed by atoms with Gasteiger partial charge < -0.3 is 5.32 Å². The van der Waals surface area contributed by atoms with Gasteiger partial charge in [-0.15, -0.1) is 0 Å². The zero-order valence-corrected chi connectivity index (χ0v) is 10.6. The van der Waals surface area contributed by atoms with E-state index in [1.165, 1.54) is 5.56 Å². The second-order valence-electron chi connectivity index (χ2n) is 4.08. The molecule has 0 unspecified atom stereocenters. The number of carbonyl (C=O) groups excluding carboxylic acids is 1. The molecule has 0 aliphatic carbocycles. The summed E-state index contributed by atoms with van der Waals surface area (Å²) in [6, 6.07) is 17.6. The van der Waals surface area contributed by atoms with Gasteiger partial charge in [-0.3, -0.25) is 4.79 Å². The van der Waals surface area contributed by atoms with Gasteiger partial charge >= 0.3 is 0 Å². The number of rotatable bonds is 5. The van der Waals surface area contributed by atoms with Crippen molar-refractivity contribution in [2.24, 2.45) is 0 Å². The molecule has 2 aromatic rings. The molecule has 0 spiro atoms. The first-order chi connectivity index (χ1) is 8.79. The highest BCUT2D eigenvalue weighted by molar-refractivity contribution is 6.30. The molecule has 18 heavy (non-hydrogen) atoms. The lowest BCUT2D eigenvalue weighted by Crippen LogP contribution is -2.21. The van der Waals surface area contributed by atoms with Gasteiger partial charge in [-0.05, 0) is 29.7 Å². The van der Waals surface area contributed by atoms with E-state index in [0.717, 1.165) is 18.4 Å². The Balaban J connectivity index is 2.18. The van der Waals surface area contributed by atoms with Crippen LogP contribution in [-0.2, 0) is 11.2 Å². The number of amides is 1. The molecule has 0 aromatic heterocycles. The summed E-state index contributed by atoms with van der Waals surface area (Å²) in [6.45, 7) is 0. The second kappa shape index (κ2) is 6.22. The van der Waals surface area contributed by atoms with Gasteiger partial charge in [0.1, 0.15) is 0 Å². The maximum atomic E-state index is 10.7. The summed E-state index contributed by atoms with van der Waals surface area (Å²) >= 11 is 5.86. The van der Waals surface area contributed by atoms with Crippen molar-refractivity contribution in [1.29, 1.82) is 0 Å². The predicted molar refractivity (Wildman–Crippen MR) is 73.5 cm³/mol. The molecule has 0 heterocycles. The molecular formula is C15H14ClNO. The van der Waals surface area contributed by atoms with Gasteiger partial charge in [-0.1, -0.05) is 54.1 Å². The van der Waals surface area contributed by atoms with Crippen LogP contribution in [-0.4, -0.2) is 6.41 Å². The Morgan fingerprint density at radius 2 is 1.72 bits per heavy atom. The van der Waals surface area contributed by atoms with Crippen molar-refractivity contribution in [3.05, 3.63) is 70.7 Å². The highest BCUT2D eigenvalue weighted by Gasteiger charge is 2.10. The molecule has 0 saturated heterocycles. The highest BCUT2D eigenvalue weighted by Crippen LogP contribution is 2.20. The monoisotopic (exact) mass is 259 g/mol. The molecule has 0 aliphatic rings. The minimum Gasteiger partial charge on any atom is -0.352 e. The Morgan fingerprint density at radius 1 is 1.06 bits per heavy atom. The van der Waals surface area contributed by atoms with Crippen molar-refractivity contribution >= 4 is 18.0 Å². The first-order valence-electron chi connectivity index (χ1n) is 5.78. The summed E-state index contributed by atoms with van der Waals surface area (Å²) < 4.78 is 0. The SMILES string of the molecule is O=CN[C@@H](Cc1ccccc1)c1ccc(Cl)cc1. The third-order valence-corrected chi connectivity index (χ3v) is 3.08. The number of hydrogen-bond acceptors (Lipinski definition) is 1. The van der Waals surface area contributed by atoms with Crippen LogP contribution in [0, 0.1) is 0 Å². The minimum absolute atomic E-state index is 0.0258. The molecule has 0 radical (unpaired) electrons. The zero-order chi connectivity index (χ0) is 12.8. The Bertz CT molecular complexity index is 496. The van der Waals surface area contributed by atoms with Crippen molar-refractivity contribution in [3.8, 4) is 0 Å². The van der Waals surface area contributed by atoms with Crippen LogP contribution in [0.15, 0.2) is 54.6 Å². The topological polar surface area (TPSA) is 29.1 Å². The van der Waals surface area contributed by atoms with Gasteiger partial charge in [0.15, 0.2) is 0 Å². The number of nitrogens with one attached hydrogen (secondary N) is 1. The van der Waals surface area contributed by atoms with Crippen LogP contribution in [0.3, 0.4) is 0 Å². The third kappa shape index (κ3) is 3.34. The number of carbonyl (C=O) groups is 1. The van der Waals surface area contributed by atoms with E-state index in [0.29, 0.717) is 5.02 Å². The molecule has 3 heteroatoms. The average Bonchev–Trinajstić information content (AvgIpc) is 2.40. The van der Waals surface area contributed by atoms with Gasteiger partial charge in [-0.2, -0.15) is 0 Å². The molecule has 2 rings (SSSR count). The normalized spacial score (nSPS) is 11.8. The lowest BCUT2D eigenvalue weighted by atomic mass is 9.99. The van der Waals surface area contributed by atoms with E-state index in [4.69, 9.17) is 11.6 Å². The largest absolute Gasteiger partial charge is 0.352 e. The standard InChI is InChI=1S/C15H14ClNO/c16-14-8-6-13(7-9-14)15(17-11-18)10-12-4-2-1-3-5-12/h1-9,11,15H,10H2,(H,17,18)/t15-/m0/s1. The summed E-state index contributed by atoms with van der Waals surface area (Å²) in [7, 11) is 0. The number of halogens is 1. The van der Waals surface area contributed by atoms with Gasteiger partial charge in [0.25, 0.3) is 0 Å². The van der Waals surface area contributed by atoms with Gasteiger partial charge in [0, 0.05) is 5.02 Å². The van der Waals surface area contributed by atoms with Crippen LogP contribution in [0.1, 0.15) is 17.2 Å². The predicted octanol–water partition coefficient (Wildman–Crippen LogP) is 3.37. The smallest absolute Gasteiger partial charge is 0.207 e. The summed E-state index contributed by atoms with van der Waals surface area (Å²) in [5.41, 5.74) is 2.24. The Kier molecular flexibility index (Phi) is 4.37. The fourth-order valence-corrected chi connectivity index (χ4v) is 2.03. The quantitative estimate of drug-likeness (QED) is 0.820. The molecule has 1 N–H and O–H groups in total. The van der Waals surface area contributed by atoms with Gasteiger partial charge in [-0.25, -0.2) is 0 Å². The summed E-state index contributed by atoms with van der Waals surface area (Å²) in [5.74, 6) is 0. The molecule has 0 aliphatic heterocycles. The average molecular weight is 260 g/mol. The van der Waals surface area contributed by atoms with E-state index in [9.17, 15) is 4.79 Å². The molecule has 0 bridgehead atoms. The van der Waals surface area contributed by atoms with Crippen LogP contribution >= 0.6 is 11.6 Å². The molecule has 92 valence electrons. The molecule has 1 amide bonds. The van der Waals surface area contributed by atoms with E-state index in [-0.39, 0.29) is 6.04 Å². The summed E-state index contributed by atoms with van der Waals surface area (Å²) in [4.78, 5) is 10.7. The van der Waals surface area contributed by atoms with Crippen molar-refractivity contribution < 1.29 is 4.79 Å². The maximum absolute atomic E-state index is 10.7. The van der Waals surface area contributed by atoms with E-state index < -0.39 is 0 Å². The van der Waals surface area contributed by atoms with E-state index in [1.54, 1.807) is 0 Å². The van der Waals surface area contributed by atoms with Crippen LogP contribution < -0.4 is 5.32 Å². The van der Waals surface area contributed by atoms with E-state index >= 15 is 0 Å². The number of benzene rings is 2. The van der Waals surface area contributed by atoms with Crippen molar-refractivity contribution in [2.45, 2.75) is 12.5 Å².